The van der Waals surface area contributed by atoms with Crippen molar-refractivity contribution in [1.82, 2.24) is 9.80 Å². The van der Waals surface area contributed by atoms with Crippen LogP contribution in [-0.4, -0.2) is 90.6 Å². The summed E-state index contributed by atoms with van der Waals surface area (Å²) >= 11 is 0. The number of carbonyl (C=O) groups excluding carboxylic acids is 6. The average molecular weight is 657 g/mol. The molecule has 47 heavy (non-hydrogen) atoms. The van der Waals surface area contributed by atoms with E-state index in [1.54, 1.807) is 6.92 Å². The van der Waals surface area contributed by atoms with Gasteiger partial charge in [-0.1, -0.05) is 60.7 Å². The minimum absolute atomic E-state index is 0.0114. The van der Waals surface area contributed by atoms with Crippen LogP contribution in [0.4, 0.5) is 14.0 Å². The van der Waals surface area contributed by atoms with Gasteiger partial charge in [-0.05, 0) is 31.4 Å². The van der Waals surface area contributed by atoms with Crippen LogP contribution in [-0.2, 0) is 51.3 Å². The van der Waals surface area contributed by atoms with Gasteiger partial charge in [-0.3, -0.25) is 14.4 Å². The van der Waals surface area contributed by atoms with Gasteiger partial charge in [0.15, 0.2) is 5.78 Å². The van der Waals surface area contributed by atoms with Gasteiger partial charge in [-0.15, -0.1) is 0 Å². The van der Waals surface area contributed by atoms with Crippen molar-refractivity contribution in [2.24, 2.45) is 5.92 Å². The molecular formula is C34H41FN2O10. The summed E-state index contributed by atoms with van der Waals surface area (Å²) in [6.45, 7) is 4.24. The Morgan fingerprint density at radius 2 is 1.23 bits per heavy atom. The molecule has 2 aliphatic rings. The van der Waals surface area contributed by atoms with Crippen molar-refractivity contribution in [3.8, 4) is 0 Å². The second-order valence-corrected chi connectivity index (χ2v) is 10.8. The quantitative estimate of drug-likeness (QED) is 0.227. The lowest BCUT2D eigenvalue weighted by atomic mass is 9.96. The summed E-state index contributed by atoms with van der Waals surface area (Å²) in [5, 5.41) is 0. The van der Waals surface area contributed by atoms with Crippen LogP contribution in [0, 0.1) is 5.92 Å². The summed E-state index contributed by atoms with van der Waals surface area (Å²) in [6.07, 6.45) is -1.37. The minimum Gasteiger partial charge on any atom is -0.465 e. The maximum Gasteiger partial charge on any atom is 0.410 e. The molecular weight excluding hydrogens is 615 g/mol. The number of ketones is 2. The van der Waals surface area contributed by atoms with Gasteiger partial charge in [0.2, 0.25) is 0 Å². The van der Waals surface area contributed by atoms with Crippen molar-refractivity contribution in [2.75, 3.05) is 39.4 Å². The molecule has 254 valence electrons. The molecule has 2 aliphatic heterocycles. The molecule has 4 rings (SSSR count). The number of rotatable bonds is 8. The molecule has 2 amide bonds. The summed E-state index contributed by atoms with van der Waals surface area (Å²) in [5.74, 6) is -3.51. The van der Waals surface area contributed by atoms with Crippen molar-refractivity contribution in [2.45, 2.75) is 58.4 Å². The molecule has 0 bridgehead atoms. The summed E-state index contributed by atoms with van der Waals surface area (Å²) in [6, 6.07) is 18.5. The van der Waals surface area contributed by atoms with Gasteiger partial charge in [0.25, 0.3) is 5.67 Å². The fourth-order valence-corrected chi connectivity index (χ4v) is 4.89. The van der Waals surface area contributed by atoms with E-state index in [2.05, 4.69) is 4.74 Å². The Morgan fingerprint density at radius 3 is 1.77 bits per heavy atom. The summed E-state index contributed by atoms with van der Waals surface area (Å²) in [5.41, 5.74) is -0.968. The van der Waals surface area contributed by atoms with Gasteiger partial charge in [0, 0.05) is 45.4 Å². The smallest absolute Gasteiger partial charge is 0.410 e. The average Bonchev–Trinajstić information content (AvgIpc) is 3.37. The number of hydrogen-bond acceptors (Lipinski definition) is 10. The normalized spacial score (nSPS) is 19.7. The van der Waals surface area contributed by atoms with Gasteiger partial charge < -0.3 is 28.7 Å². The minimum atomic E-state index is -2.69. The molecule has 2 saturated heterocycles. The second-order valence-electron chi connectivity index (χ2n) is 10.8. The topological polar surface area (TPSA) is 146 Å². The molecule has 2 fully saturated rings. The van der Waals surface area contributed by atoms with E-state index in [0.717, 1.165) is 11.1 Å². The Labute approximate surface area is 273 Å². The number of Topliss-reactive ketones (excluding diaryl/α,β-unsaturated/α-hetero) is 2. The highest BCUT2D eigenvalue weighted by atomic mass is 19.1. The van der Waals surface area contributed by atoms with Crippen LogP contribution >= 0.6 is 0 Å². The lowest BCUT2D eigenvalue weighted by Gasteiger charge is -2.21. The number of esters is 2. The number of nitrogens with zero attached hydrogens (tertiary/aromatic N) is 2. The Hall–Kier alpha value is -4.81. The third-order valence-electron chi connectivity index (χ3n) is 7.58. The van der Waals surface area contributed by atoms with Crippen LogP contribution in [0.2, 0.25) is 0 Å². The van der Waals surface area contributed by atoms with Gasteiger partial charge in [0.05, 0.1) is 13.2 Å². The van der Waals surface area contributed by atoms with Crippen molar-refractivity contribution >= 4 is 35.7 Å². The molecule has 2 unspecified atom stereocenters. The molecule has 2 heterocycles. The van der Waals surface area contributed by atoms with Gasteiger partial charge in [0.1, 0.15) is 24.9 Å². The first-order valence-electron chi connectivity index (χ1n) is 15.6. The zero-order chi connectivity index (χ0) is 34.2. The molecule has 13 heteroatoms. The third-order valence-corrected chi connectivity index (χ3v) is 7.58. The molecule has 0 aromatic heterocycles. The molecule has 0 aliphatic carbocycles. The van der Waals surface area contributed by atoms with Crippen LogP contribution < -0.4 is 0 Å². The fraction of sp³-hybridized carbons (Fsp3) is 0.471. The summed E-state index contributed by atoms with van der Waals surface area (Å²) < 4.78 is 34.7. The highest BCUT2D eigenvalue weighted by molar-refractivity contribution is 6.07. The van der Waals surface area contributed by atoms with E-state index in [1.165, 1.54) is 16.7 Å². The van der Waals surface area contributed by atoms with E-state index >= 15 is 0 Å². The number of halogens is 1. The Morgan fingerprint density at radius 1 is 0.723 bits per heavy atom. The monoisotopic (exact) mass is 656 g/mol. The molecule has 0 radical (unpaired) electrons. The van der Waals surface area contributed by atoms with Gasteiger partial charge >= 0.3 is 24.1 Å². The lowest BCUT2D eigenvalue weighted by molar-refractivity contribution is -0.162. The van der Waals surface area contributed by atoms with Crippen LogP contribution in [0.1, 0.15) is 50.7 Å². The Bertz CT molecular complexity index is 1370. The number of amides is 2. The van der Waals surface area contributed by atoms with Crippen LogP contribution in [0.5, 0.6) is 0 Å². The fourth-order valence-electron chi connectivity index (χ4n) is 4.89. The number of alkyl halides is 1. The summed E-state index contributed by atoms with van der Waals surface area (Å²) in [4.78, 5) is 74.3. The zero-order valence-corrected chi connectivity index (χ0v) is 26.7. The molecule has 0 spiro atoms. The number of hydrogen-bond donors (Lipinski definition) is 0. The first-order chi connectivity index (χ1) is 22.6. The largest absolute Gasteiger partial charge is 0.465 e. The van der Waals surface area contributed by atoms with E-state index in [0.29, 0.717) is 6.54 Å². The van der Waals surface area contributed by atoms with Gasteiger partial charge in [-0.25, -0.2) is 18.8 Å². The second kappa shape index (κ2) is 18.4. The Balaban J connectivity index is 0.000000256. The molecule has 0 N–H and O–H groups in total. The van der Waals surface area contributed by atoms with Crippen LogP contribution in [0.25, 0.3) is 0 Å². The van der Waals surface area contributed by atoms with Crippen molar-refractivity contribution in [3.05, 3.63) is 71.8 Å². The molecule has 0 saturated carbocycles. The SMILES string of the molecule is CCOC(=O)C1(F)CCN(C(=O)OCc2ccccc2)CCC1=O.CCOC(=O)C1CCN(C(=O)OCc2ccccc2)CCC1=O. The lowest BCUT2D eigenvalue weighted by Crippen LogP contribution is -2.44. The standard InChI is InChI=1S/C17H20FNO5.C17H21NO5/c1-2-23-15(21)17(18)9-11-19(10-8-14(17)20)16(22)24-12-13-6-4-3-5-7-13;1-2-22-16(20)14-8-10-18(11-9-15(14)19)17(21)23-12-13-6-4-3-5-7-13/h3-7H,2,8-12H2,1H3;3-7,14H,2,8-12H2,1H3. The Kier molecular flexibility index (Phi) is 14.3. The van der Waals surface area contributed by atoms with E-state index in [1.807, 2.05) is 60.7 Å². The molecule has 2 aromatic rings. The highest BCUT2D eigenvalue weighted by Gasteiger charge is 2.49. The molecule has 2 aromatic carbocycles. The maximum absolute atomic E-state index is 14.7. The predicted octanol–water partition coefficient (Wildman–Crippen LogP) is 4.43. The van der Waals surface area contributed by atoms with E-state index in [9.17, 15) is 33.2 Å². The predicted molar refractivity (Wildman–Crippen MR) is 165 cm³/mol. The number of ether oxygens (including phenoxy) is 4. The van der Waals surface area contributed by atoms with Crippen molar-refractivity contribution in [3.63, 3.8) is 0 Å². The van der Waals surface area contributed by atoms with Crippen molar-refractivity contribution in [1.29, 1.82) is 0 Å². The number of benzene rings is 2. The van der Waals surface area contributed by atoms with Crippen LogP contribution in [0.3, 0.4) is 0 Å². The zero-order valence-electron chi connectivity index (χ0n) is 26.7. The van der Waals surface area contributed by atoms with E-state index in [4.69, 9.17) is 14.2 Å². The molecule has 12 nitrogen and oxygen atoms in total. The summed E-state index contributed by atoms with van der Waals surface area (Å²) in [7, 11) is 0. The maximum atomic E-state index is 14.7. The van der Waals surface area contributed by atoms with Crippen molar-refractivity contribution < 1.29 is 52.1 Å². The third kappa shape index (κ3) is 10.9. The first kappa shape index (κ1) is 36.7. The van der Waals surface area contributed by atoms with E-state index in [-0.39, 0.29) is 71.1 Å². The molecule has 2 atom stereocenters. The van der Waals surface area contributed by atoms with E-state index < -0.39 is 47.9 Å². The van der Waals surface area contributed by atoms with Crippen LogP contribution in [0.15, 0.2) is 60.7 Å². The van der Waals surface area contributed by atoms with Gasteiger partial charge in [-0.2, -0.15) is 0 Å². The first-order valence-corrected chi connectivity index (χ1v) is 15.6. The highest BCUT2D eigenvalue weighted by Crippen LogP contribution is 2.26. The number of carbonyl (C=O) groups is 6. The number of likely N-dealkylation sites (tertiary alicyclic amines) is 2.